The van der Waals surface area contributed by atoms with Gasteiger partial charge >= 0.3 is 0 Å². The second-order valence-electron chi connectivity index (χ2n) is 4.66. The average Bonchev–Trinajstić information content (AvgIpc) is 2.13. The summed E-state index contributed by atoms with van der Waals surface area (Å²) in [6, 6.07) is 5.83. The zero-order chi connectivity index (χ0) is 11.2. The summed E-state index contributed by atoms with van der Waals surface area (Å²) in [7, 11) is 0. The summed E-state index contributed by atoms with van der Waals surface area (Å²) in [5.74, 6) is -0.454. The van der Waals surface area contributed by atoms with E-state index in [0.29, 0.717) is 5.56 Å². The van der Waals surface area contributed by atoms with Crippen molar-refractivity contribution in [3.63, 3.8) is 0 Å². The van der Waals surface area contributed by atoms with Crippen LogP contribution in [0.3, 0.4) is 0 Å². The second kappa shape index (κ2) is 3.28. The molecule has 0 aliphatic carbocycles. The number of carbonyl (C=O) groups is 1. The Labute approximate surface area is 92.8 Å². The largest absolute Gasteiger partial charge is 0.380 e. The molecule has 0 atom stereocenters. The number of carbonyl (C=O) groups excluding carboxylic acids is 1. The summed E-state index contributed by atoms with van der Waals surface area (Å²) in [6.07, 6.45) is 0. The highest BCUT2D eigenvalue weighted by molar-refractivity contribution is 5.94. The molecule has 4 heteroatoms. The maximum atomic E-state index is 13.0. The predicted molar refractivity (Wildman–Crippen MR) is 55.6 cm³/mol. The number of benzene rings is 1. The second-order valence-corrected chi connectivity index (χ2v) is 4.66. The van der Waals surface area contributed by atoms with E-state index in [-0.39, 0.29) is 17.1 Å². The lowest BCUT2D eigenvalue weighted by Crippen LogP contribution is -2.67. The highest BCUT2D eigenvalue weighted by Crippen LogP contribution is 2.38. The van der Waals surface area contributed by atoms with E-state index in [1.165, 1.54) is 12.1 Å². The first-order chi connectivity index (χ1) is 7.69. The third-order valence-corrected chi connectivity index (χ3v) is 3.23. The Bertz CT molecular complexity index is 434. The van der Waals surface area contributed by atoms with Gasteiger partial charge in [-0.1, -0.05) is 6.07 Å². The Balaban J connectivity index is 1.70. The van der Waals surface area contributed by atoms with Crippen LogP contribution in [0.2, 0.25) is 0 Å². The fourth-order valence-electron chi connectivity index (χ4n) is 2.28. The molecule has 0 bridgehead atoms. The van der Waals surface area contributed by atoms with E-state index in [1.54, 1.807) is 17.0 Å². The lowest BCUT2D eigenvalue weighted by atomic mass is 9.78. The minimum Gasteiger partial charge on any atom is -0.380 e. The van der Waals surface area contributed by atoms with Crippen molar-refractivity contribution in [3.05, 3.63) is 35.6 Å². The number of rotatable bonds is 1. The Morgan fingerprint density at radius 2 is 2.12 bits per heavy atom. The summed E-state index contributed by atoms with van der Waals surface area (Å²) in [5.41, 5.74) is 0.637. The molecule has 1 aromatic carbocycles. The van der Waals surface area contributed by atoms with Crippen LogP contribution in [-0.4, -0.2) is 37.1 Å². The van der Waals surface area contributed by atoms with Crippen LogP contribution in [0.5, 0.6) is 0 Å². The molecule has 1 spiro atoms. The van der Waals surface area contributed by atoms with Gasteiger partial charge in [0.1, 0.15) is 5.82 Å². The van der Waals surface area contributed by atoms with Crippen LogP contribution in [-0.2, 0) is 4.74 Å². The van der Waals surface area contributed by atoms with Crippen LogP contribution in [0.25, 0.3) is 0 Å². The molecule has 1 amide bonds. The molecule has 16 heavy (non-hydrogen) atoms. The third-order valence-electron chi connectivity index (χ3n) is 3.23. The molecule has 2 heterocycles. The number of ether oxygens (including phenoxy) is 1. The van der Waals surface area contributed by atoms with Gasteiger partial charge in [-0.15, -0.1) is 0 Å². The van der Waals surface area contributed by atoms with Crippen LogP contribution in [0, 0.1) is 11.2 Å². The monoisotopic (exact) mass is 221 g/mol. The highest BCUT2D eigenvalue weighted by atomic mass is 19.1. The molecular weight excluding hydrogens is 209 g/mol. The Hall–Kier alpha value is -1.42. The Morgan fingerprint density at radius 1 is 1.38 bits per heavy atom. The van der Waals surface area contributed by atoms with Gasteiger partial charge in [0.15, 0.2) is 0 Å². The first-order valence-electron chi connectivity index (χ1n) is 5.31. The number of hydrogen-bond donors (Lipinski definition) is 0. The summed E-state index contributed by atoms with van der Waals surface area (Å²) in [6.45, 7) is 2.98. The summed E-state index contributed by atoms with van der Waals surface area (Å²) in [4.78, 5) is 13.7. The molecule has 0 aromatic heterocycles. The van der Waals surface area contributed by atoms with Gasteiger partial charge in [0.25, 0.3) is 5.91 Å². The summed E-state index contributed by atoms with van der Waals surface area (Å²) >= 11 is 0. The standard InChI is InChI=1S/C12H12FNO2/c13-10-3-1-2-9(4-10)11(15)14-5-12(6-14)7-16-8-12/h1-4H,5-8H2. The minimum absolute atomic E-state index is 0.0861. The molecular formula is C12H12FNO2. The van der Waals surface area contributed by atoms with Gasteiger partial charge in [0, 0.05) is 18.7 Å². The van der Waals surface area contributed by atoms with Crippen molar-refractivity contribution in [1.29, 1.82) is 0 Å². The molecule has 2 fully saturated rings. The minimum atomic E-state index is -0.368. The lowest BCUT2D eigenvalue weighted by Gasteiger charge is -2.54. The van der Waals surface area contributed by atoms with E-state index in [9.17, 15) is 9.18 Å². The van der Waals surface area contributed by atoms with Crippen LogP contribution >= 0.6 is 0 Å². The van der Waals surface area contributed by atoms with Crippen molar-refractivity contribution in [3.8, 4) is 0 Å². The SMILES string of the molecule is O=C(c1cccc(F)c1)N1CC2(COC2)C1. The number of likely N-dealkylation sites (tertiary alicyclic amines) is 1. The van der Waals surface area contributed by atoms with Crippen molar-refractivity contribution in [2.75, 3.05) is 26.3 Å². The Kier molecular flexibility index (Phi) is 2.01. The van der Waals surface area contributed by atoms with E-state index in [4.69, 9.17) is 4.74 Å². The summed E-state index contributed by atoms with van der Waals surface area (Å²) < 4.78 is 18.1. The maximum Gasteiger partial charge on any atom is 0.254 e. The molecule has 0 saturated carbocycles. The number of halogens is 1. The molecule has 0 radical (unpaired) electrons. The molecule has 3 rings (SSSR count). The zero-order valence-corrected chi connectivity index (χ0v) is 8.78. The predicted octanol–water partition coefficient (Wildman–Crippen LogP) is 1.30. The summed E-state index contributed by atoms with van der Waals surface area (Å²) in [5, 5.41) is 0. The molecule has 2 saturated heterocycles. The quantitative estimate of drug-likeness (QED) is 0.715. The van der Waals surface area contributed by atoms with E-state index < -0.39 is 0 Å². The van der Waals surface area contributed by atoms with Crippen LogP contribution in [0.15, 0.2) is 24.3 Å². The smallest absolute Gasteiger partial charge is 0.254 e. The van der Waals surface area contributed by atoms with Crippen molar-refractivity contribution >= 4 is 5.91 Å². The van der Waals surface area contributed by atoms with Gasteiger partial charge in [-0.3, -0.25) is 4.79 Å². The third kappa shape index (κ3) is 1.41. The molecule has 2 aliphatic heterocycles. The topological polar surface area (TPSA) is 29.5 Å². The molecule has 1 aromatic rings. The van der Waals surface area contributed by atoms with Crippen molar-refractivity contribution in [2.24, 2.45) is 5.41 Å². The number of amides is 1. The van der Waals surface area contributed by atoms with Crippen LogP contribution < -0.4 is 0 Å². The molecule has 0 N–H and O–H groups in total. The van der Waals surface area contributed by atoms with Gasteiger partial charge in [0.2, 0.25) is 0 Å². The van der Waals surface area contributed by atoms with Crippen LogP contribution in [0.1, 0.15) is 10.4 Å². The van der Waals surface area contributed by atoms with E-state index in [0.717, 1.165) is 26.3 Å². The van der Waals surface area contributed by atoms with Crippen molar-refractivity contribution in [1.82, 2.24) is 4.90 Å². The van der Waals surface area contributed by atoms with Gasteiger partial charge in [0.05, 0.1) is 18.6 Å². The first kappa shape index (κ1) is 9.78. The van der Waals surface area contributed by atoms with E-state index >= 15 is 0 Å². The fourth-order valence-corrected chi connectivity index (χ4v) is 2.28. The van der Waals surface area contributed by atoms with Gasteiger partial charge < -0.3 is 9.64 Å². The highest BCUT2D eigenvalue weighted by Gasteiger charge is 2.50. The number of hydrogen-bond acceptors (Lipinski definition) is 2. The van der Waals surface area contributed by atoms with Crippen molar-refractivity contribution in [2.45, 2.75) is 0 Å². The van der Waals surface area contributed by atoms with Gasteiger partial charge in [-0.25, -0.2) is 4.39 Å². The zero-order valence-electron chi connectivity index (χ0n) is 8.78. The average molecular weight is 221 g/mol. The number of nitrogens with zero attached hydrogens (tertiary/aromatic N) is 1. The fraction of sp³-hybridized carbons (Fsp3) is 0.417. The van der Waals surface area contributed by atoms with Gasteiger partial charge in [-0.2, -0.15) is 0 Å². The first-order valence-corrected chi connectivity index (χ1v) is 5.31. The van der Waals surface area contributed by atoms with E-state index in [2.05, 4.69) is 0 Å². The maximum absolute atomic E-state index is 13.0. The molecule has 0 unspecified atom stereocenters. The Morgan fingerprint density at radius 3 is 2.69 bits per heavy atom. The van der Waals surface area contributed by atoms with Gasteiger partial charge in [-0.05, 0) is 18.2 Å². The normalized spacial score (nSPS) is 21.4. The molecule has 3 nitrogen and oxygen atoms in total. The van der Waals surface area contributed by atoms with Crippen molar-refractivity contribution < 1.29 is 13.9 Å². The van der Waals surface area contributed by atoms with E-state index in [1.807, 2.05) is 0 Å². The lowest BCUT2D eigenvalue weighted by molar-refractivity contribution is -0.176. The molecule has 84 valence electrons. The van der Waals surface area contributed by atoms with Crippen LogP contribution in [0.4, 0.5) is 4.39 Å². The molecule has 2 aliphatic rings.